The van der Waals surface area contributed by atoms with E-state index in [1.54, 1.807) is 0 Å². The van der Waals surface area contributed by atoms with Crippen LogP contribution in [-0.2, 0) is 19.1 Å². The molecule has 0 aliphatic heterocycles. The first-order chi connectivity index (χ1) is 17.9. The highest BCUT2D eigenvalue weighted by atomic mass is 19.4. The van der Waals surface area contributed by atoms with Crippen LogP contribution in [0.3, 0.4) is 0 Å². The number of hydrogen-bond donors (Lipinski definition) is 2. The normalized spacial score (nSPS) is 43.1. The predicted molar refractivity (Wildman–Crippen MR) is 138 cm³/mol. The van der Waals surface area contributed by atoms with E-state index in [0.29, 0.717) is 32.1 Å². The molecule has 0 spiro atoms. The maximum atomic E-state index is 13.3. The Balaban J connectivity index is 1.60. The monoisotopic (exact) mass is 560 g/mol. The van der Waals surface area contributed by atoms with Crippen LogP contribution in [0.5, 0.6) is 0 Å². The Morgan fingerprint density at radius 2 is 1.67 bits per heavy atom. The molecule has 39 heavy (non-hydrogen) atoms. The zero-order valence-corrected chi connectivity index (χ0v) is 24.2. The predicted octanol–water partition coefficient (Wildman–Crippen LogP) is 5.82. The molecule has 0 saturated heterocycles. The molecule has 0 bridgehead atoms. The zero-order chi connectivity index (χ0) is 29.1. The molecule has 9 heteroatoms. The first kappa shape index (κ1) is 30.6. The van der Waals surface area contributed by atoms with Gasteiger partial charge in [0.2, 0.25) is 0 Å². The van der Waals surface area contributed by atoms with Crippen molar-refractivity contribution in [3.63, 3.8) is 0 Å². The van der Waals surface area contributed by atoms with Crippen LogP contribution in [0.4, 0.5) is 13.2 Å². The van der Waals surface area contributed by atoms with Gasteiger partial charge in [0.25, 0.3) is 0 Å². The Morgan fingerprint density at radius 3 is 2.28 bits per heavy atom. The van der Waals surface area contributed by atoms with E-state index in [1.165, 1.54) is 0 Å². The summed E-state index contributed by atoms with van der Waals surface area (Å²) in [5.41, 5.74) is -1.37. The van der Waals surface area contributed by atoms with Gasteiger partial charge in [-0.05, 0) is 113 Å². The molecule has 0 unspecified atom stereocenters. The molecule has 224 valence electrons. The number of carbonyl (C=O) groups is 2. The van der Waals surface area contributed by atoms with Crippen LogP contribution in [0.15, 0.2) is 0 Å². The third-order valence-corrected chi connectivity index (χ3v) is 11.2. The van der Waals surface area contributed by atoms with Crippen molar-refractivity contribution < 1.29 is 42.4 Å². The number of alkyl halides is 3. The van der Waals surface area contributed by atoms with Crippen LogP contribution in [-0.4, -0.2) is 52.2 Å². The van der Waals surface area contributed by atoms with Gasteiger partial charge in [-0.2, -0.15) is 13.2 Å². The maximum Gasteiger partial charge on any atom is 0.490 e. The van der Waals surface area contributed by atoms with E-state index in [2.05, 4.69) is 20.8 Å². The van der Waals surface area contributed by atoms with E-state index < -0.39 is 41.5 Å². The number of ether oxygens (including phenoxy) is 2. The van der Waals surface area contributed by atoms with Crippen molar-refractivity contribution in [3.05, 3.63) is 0 Å². The van der Waals surface area contributed by atoms with Gasteiger partial charge in [0.15, 0.2) is 0 Å². The number of carbonyl (C=O) groups excluding carboxylic acids is 2. The lowest BCUT2D eigenvalue weighted by Gasteiger charge is -2.63. The van der Waals surface area contributed by atoms with Gasteiger partial charge in [-0.3, -0.25) is 4.79 Å². The van der Waals surface area contributed by atoms with Crippen molar-refractivity contribution in [2.75, 3.05) is 0 Å². The summed E-state index contributed by atoms with van der Waals surface area (Å²) in [7, 11) is 0. The van der Waals surface area contributed by atoms with Crippen LogP contribution in [0.1, 0.15) is 99.3 Å². The van der Waals surface area contributed by atoms with E-state index in [1.807, 2.05) is 20.8 Å². The molecular formula is C30H47F3O6. The fourth-order valence-corrected chi connectivity index (χ4v) is 9.37. The zero-order valence-electron chi connectivity index (χ0n) is 24.2. The van der Waals surface area contributed by atoms with E-state index in [4.69, 9.17) is 9.47 Å². The molecular weight excluding hydrogens is 513 g/mol. The molecule has 4 rings (SSSR count). The summed E-state index contributed by atoms with van der Waals surface area (Å²) in [5, 5.41) is 22.1. The number of aliphatic hydroxyl groups excluding tert-OH is 2. The maximum absolute atomic E-state index is 13.3. The van der Waals surface area contributed by atoms with Crippen molar-refractivity contribution in [1.82, 2.24) is 0 Å². The molecule has 0 amide bonds. The molecule has 11 atom stereocenters. The van der Waals surface area contributed by atoms with Crippen LogP contribution >= 0.6 is 0 Å². The van der Waals surface area contributed by atoms with Gasteiger partial charge in [-0.1, -0.05) is 20.8 Å². The van der Waals surface area contributed by atoms with Crippen molar-refractivity contribution >= 4 is 11.9 Å². The molecule has 0 aromatic carbocycles. The molecule has 4 fully saturated rings. The minimum absolute atomic E-state index is 0.0740. The Labute approximate surface area is 230 Å². The second-order valence-corrected chi connectivity index (χ2v) is 14.5. The first-order valence-corrected chi connectivity index (χ1v) is 14.7. The summed E-state index contributed by atoms with van der Waals surface area (Å²) in [5.74, 6) is -2.79. The molecule has 2 N–H and O–H groups in total. The SMILES string of the molecule is C[C@H](CCC(=O)OC(C)(C)C)[C@H]1CC[C@H]2[C@@H]3[C@H](OC(=O)C(F)(F)F)C[C@@H]4C[C@H](O)CC[C@]4(C)[C@H]3C[C@H](O)[C@]12C. The highest BCUT2D eigenvalue weighted by molar-refractivity contribution is 5.75. The van der Waals surface area contributed by atoms with Gasteiger partial charge in [-0.25, -0.2) is 4.79 Å². The van der Waals surface area contributed by atoms with Crippen LogP contribution < -0.4 is 0 Å². The lowest BCUT2D eigenvalue weighted by atomic mass is 9.43. The summed E-state index contributed by atoms with van der Waals surface area (Å²) < 4.78 is 50.7. The Kier molecular flexibility index (Phi) is 8.23. The minimum Gasteiger partial charge on any atom is -0.460 e. The molecule has 4 saturated carbocycles. The Hall–Kier alpha value is -1.35. The van der Waals surface area contributed by atoms with Gasteiger partial charge in [0, 0.05) is 12.3 Å². The average Bonchev–Trinajstić information content (AvgIpc) is 3.16. The highest BCUT2D eigenvalue weighted by Crippen LogP contribution is 2.68. The number of esters is 2. The second kappa shape index (κ2) is 10.5. The summed E-state index contributed by atoms with van der Waals surface area (Å²) in [6.07, 6.45) is -2.14. The molecule has 0 aromatic heterocycles. The van der Waals surface area contributed by atoms with Gasteiger partial charge < -0.3 is 19.7 Å². The summed E-state index contributed by atoms with van der Waals surface area (Å²) >= 11 is 0. The summed E-state index contributed by atoms with van der Waals surface area (Å²) in [4.78, 5) is 24.5. The average molecular weight is 561 g/mol. The van der Waals surface area contributed by atoms with Gasteiger partial charge in [-0.15, -0.1) is 0 Å². The number of fused-ring (bicyclic) bond motifs is 5. The van der Waals surface area contributed by atoms with Crippen molar-refractivity contribution in [2.45, 2.75) is 129 Å². The fraction of sp³-hybridized carbons (Fsp3) is 0.933. The molecule has 4 aliphatic rings. The smallest absolute Gasteiger partial charge is 0.460 e. The molecule has 0 aromatic rings. The molecule has 0 heterocycles. The molecule has 6 nitrogen and oxygen atoms in total. The van der Waals surface area contributed by atoms with Crippen LogP contribution in [0.25, 0.3) is 0 Å². The Bertz CT molecular complexity index is 931. The second-order valence-electron chi connectivity index (χ2n) is 14.5. The van der Waals surface area contributed by atoms with Crippen molar-refractivity contribution in [3.8, 4) is 0 Å². The third-order valence-electron chi connectivity index (χ3n) is 11.2. The van der Waals surface area contributed by atoms with Crippen molar-refractivity contribution in [2.24, 2.45) is 46.3 Å². The number of halogens is 3. The largest absolute Gasteiger partial charge is 0.490 e. The molecule has 0 radical (unpaired) electrons. The third kappa shape index (κ3) is 5.73. The summed E-state index contributed by atoms with van der Waals surface area (Å²) in [6.45, 7) is 11.8. The lowest BCUT2D eigenvalue weighted by Crippen LogP contribution is -2.63. The Morgan fingerprint density at radius 1 is 1.00 bits per heavy atom. The first-order valence-electron chi connectivity index (χ1n) is 14.7. The number of hydrogen-bond acceptors (Lipinski definition) is 6. The van der Waals surface area contributed by atoms with Crippen LogP contribution in [0, 0.1) is 46.3 Å². The van der Waals surface area contributed by atoms with E-state index in [9.17, 15) is 33.0 Å². The van der Waals surface area contributed by atoms with Gasteiger partial charge in [0.05, 0.1) is 12.2 Å². The standard InChI is InChI=1S/C30H47F3O6/c1-16(7-10-24(36)39-27(2,3)4)19-8-9-20-25-21(15-23(35)29(19,20)6)28(5)12-11-18(34)13-17(28)14-22(25)38-26(37)30(31,32)33/h16-23,25,34-35H,7-15H2,1-6H3/t16-,17+,18-,19-,20+,21+,22-,23+,25+,28+,29-/m1/s1. The summed E-state index contributed by atoms with van der Waals surface area (Å²) in [6, 6.07) is 0. The minimum atomic E-state index is -5.08. The number of aliphatic hydroxyl groups is 2. The van der Waals surface area contributed by atoms with Crippen molar-refractivity contribution in [1.29, 1.82) is 0 Å². The highest BCUT2D eigenvalue weighted by Gasteiger charge is 2.67. The fourth-order valence-electron chi connectivity index (χ4n) is 9.37. The van der Waals surface area contributed by atoms with Gasteiger partial charge in [0.1, 0.15) is 11.7 Å². The van der Waals surface area contributed by atoms with E-state index in [0.717, 1.165) is 19.3 Å². The lowest BCUT2D eigenvalue weighted by molar-refractivity contribution is -0.237. The van der Waals surface area contributed by atoms with Gasteiger partial charge >= 0.3 is 18.1 Å². The van der Waals surface area contributed by atoms with Crippen LogP contribution in [0.2, 0.25) is 0 Å². The van der Waals surface area contributed by atoms with E-state index >= 15 is 0 Å². The number of rotatable bonds is 5. The van der Waals surface area contributed by atoms with E-state index in [-0.39, 0.29) is 53.3 Å². The topological polar surface area (TPSA) is 93.1 Å². The molecule has 4 aliphatic carbocycles. The quantitative estimate of drug-likeness (QED) is 0.412.